The first-order valence-corrected chi connectivity index (χ1v) is 8.76. The van der Waals surface area contributed by atoms with Crippen LogP contribution in [0.4, 0.5) is 8.78 Å². The van der Waals surface area contributed by atoms with Crippen molar-refractivity contribution in [3.8, 4) is 0 Å². The van der Waals surface area contributed by atoms with Crippen molar-refractivity contribution in [2.24, 2.45) is 11.7 Å². The first-order valence-electron chi connectivity index (χ1n) is 8.76. The molecule has 0 spiro atoms. The van der Waals surface area contributed by atoms with Crippen LogP contribution < -0.4 is 11.1 Å². The summed E-state index contributed by atoms with van der Waals surface area (Å²) in [6, 6.07) is 3.91. The second-order valence-electron chi connectivity index (χ2n) is 6.98. The molecule has 0 aromatic heterocycles. The zero-order valence-electron chi connectivity index (χ0n) is 13.8. The lowest BCUT2D eigenvalue weighted by molar-refractivity contribution is -0.126. The number of nitrogens with one attached hydrogen (secondary N) is 1. The maximum Gasteiger partial charge on any atom is 0.224 e. The number of carbonyl (C=O) groups is 1. The van der Waals surface area contributed by atoms with Crippen LogP contribution in [0.5, 0.6) is 0 Å². The van der Waals surface area contributed by atoms with E-state index in [-0.39, 0.29) is 36.0 Å². The molecule has 0 unspecified atom stereocenters. The minimum absolute atomic E-state index is 0.0221. The van der Waals surface area contributed by atoms with Gasteiger partial charge >= 0.3 is 0 Å². The molecule has 1 aromatic rings. The Balaban J connectivity index is 1.57. The summed E-state index contributed by atoms with van der Waals surface area (Å²) in [5.41, 5.74) is 6.09. The Kier molecular flexibility index (Phi) is 5.46. The van der Waals surface area contributed by atoms with Gasteiger partial charge in [-0.05, 0) is 44.4 Å². The van der Waals surface area contributed by atoms with Crippen LogP contribution in [0.3, 0.4) is 0 Å². The van der Waals surface area contributed by atoms with E-state index in [2.05, 4.69) is 5.32 Å². The summed E-state index contributed by atoms with van der Waals surface area (Å²) in [7, 11) is 0. The molecule has 1 heterocycles. The normalized spacial score (nSPS) is 28.0. The van der Waals surface area contributed by atoms with Gasteiger partial charge in [0.05, 0.1) is 5.92 Å². The third-order valence-corrected chi connectivity index (χ3v) is 5.20. The van der Waals surface area contributed by atoms with Gasteiger partial charge in [-0.3, -0.25) is 9.69 Å². The van der Waals surface area contributed by atoms with Gasteiger partial charge in [0.15, 0.2) is 0 Å². The monoisotopic (exact) mass is 337 g/mol. The van der Waals surface area contributed by atoms with Gasteiger partial charge in [0.1, 0.15) is 11.6 Å². The standard InChI is InChI=1S/C18H25F2N3O/c19-15-6-2-7-16(20)14(15)11-23-9-3-4-12(10-23)22-18(24)13-5-1-8-17(13)21/h2,6-7,12-13,17H,1,3-5,8-11,21H2,(H,22,24)/t12-,13+,17-/m1/s1. The van der Waals surface area contributed by atoms with E-state index in [0.717, 1.165) is 38.6 Å². The van der Waals surface area contributed by atoms with Gasteiger partial charge in [-0.25, -0.2) is 8.78 Å². The molecule has 0 bridgehead atoms. The zero-order chi connectivity index (χ0) is 17.1. The fourth-order valence-corrected chi connectivity index (χ4v) is 3.85. The Morgan fingerprint density at radius 1 is 1.21 bits per heavy atom. The van der Waals surface area contributed by atoms with Gasteiger partial charge in [-0.15, -0.1) is 0 Å². The molecule has 4 nitrogen and oxygen atoms in total. The fraction of sp³-hybridized carbons (Fsp3) is 0.611. The zero-order valence-corrected chi connectivity index (χ0v) is 13.8. The fourth-order valence-electron chi connectivity index (χ4n) is 3.85. The average molecular weight is 337 g/mol. The molecule has 6 heteroatoms. The predicted octanol–water partition coefficient (Wildman–Crippen LogP) is 2.17. The molecule has 3 atom stereocenters. The second-order valence-corrected chi connectivity index (χ2v) is 6.98. The number of hydrogen-bond donors (Lipinski definition) is 2. The van der Waals surface area contributed by atoms with Crippen molar-refractivity contribution < 1.29 is 13.6 Å². The first-order chi connectivity index (χ1) is 11.5. The molecule has 2 aliphatic rings. The van der Waals surface area contributed by atoms with Crippen molar-refractivity contribution in [1.82, 2.24) is 10.2 Å². The highest BCUT2D eigenvalue weighted by Gasteiger charge is 2.32. The van der Waals surface area contributed by atoms with Crippen LogP contribution in [-0.4, -0.2) is 36.0 Å². The number of rotatable bonds is 4. The summed E-state index contributed by atoms with van der Waals surface area (Å²) in [5, 5.41) is 3.09. The lowest BCUT2D eigenvalue weighted by Crippen LogP contribution is -2.50. The molecule has 132 valence electrons. The Morgan fingerprint density at radius 3 is 2.62 bits per heavy atom. The maximum atomic E-state index is 13.8. The molecule has 3 rings (SSSR count). The number of carbonyl (C=O) groups excluding carboxylic acids is 1. The smallest absolute Gasteiger partial charge is 0.224 e. The topological polar surface area (TPSA) is 58.4 Å². The van der Waals surface area contributed by atoms with Gasteiger partial charge in [0.25, 0.3) is 0 Å². The van der Waals surface area contributed by atoms with E-state index in [9.17, 15) is 13.6 Å². The summed E-state index contributed by atoms with van der Waals surface area (Å²) in [4.78, 5) is 14.4. The Hall–Kier alpha value is -1.53. The van der Waals surface area contributed by atoms with E-state index in [4.69, 9.17) is 5.73 Å². The van der Waals surface area contributed by atoms with Crippen LogP contribution in [0, 0.1) is 17.6 Å². The van der Waals surface area contributed by atoms with Crippen LogP contribution in [0.15, 0.2) is 18.2 Å². The van der Waals surface area contributed by atoms with Gasteiger partial charge in [0, 0.05) is 30.7 Å². The third kappa shape index (κ3) is 3.92. The van der Waals surface area contributed by atoms with E-state index in [1.807, 2.05) is 4.90 Å². The van der Waals surface area contributed by atoms with Crippen LogP contribution >= 0.6 is 0 Å². The number of hydrogen-bond acceptors (Lipinski definition) is 3. The molecule has 1 amide bonds. The minimum atomic E-state index is -0.516. The Labute approximate surface area is 141 Å². The number of nitrogens with zero attached hydrogens (tertiary/aromatic N) is 1. The van der Waals surface area contributed by atoms with Gasteiger partial charge in [-0.2, -0.15) is 0 Å². The first kappa shape index (κ1) is 17.3. The molecule has 24 heavy (non-hydrogen) atoms. The number of amides is 1. The third-order valence-electron chi connectivity index (χ3n) is 5.20. The second kappa shape index (κ2) is 7.57. The predicted molar refractivity (Wildman–Crippen MR) is 88.1 cm³/mol. The quantitative estimate of drug-likeness (QED) is 0.885. The van der Waals surface area contributed by atoms with Crippen molar-refractivity contribution in [2.75, 3.05) is 13.1 Å². The molecule has 1 saturated heterocycles. The maximum absolute atomic E-state index is 13.8. The lowest BCUT2D eigenvalue weighted by atomic mass is 10.0. The van der Waals surface area contributed by atoms with Crippen molar-refractivity contribution in [3.05, 3.63) is 35.4 Å². The Morgan fingerprint density at radius 2 is 1.96 bits per heavy atom. The van der Waals surface area contributed by atoms with Crippen molar-refractivity contribution >= 4 is 5.91 Å². The van der Waals surface area contributed by atoms with Crippen molar-refractivity contribution in [1.29, 1.82) is 0 Å². The number of benzene rings is 1. The molecule has 0 radical (unpaired) electrons. The Bertz CT molecular complexity index is 575. The SMILES string of the molecule is N[C@@H]1CCC[C@@H]1C(=O)N[C@@H]1CCCN(Cc2c(F)cccc2F)C1. The molecule has 1 aliphatic carbocycles. The molecular weight excluding hydrogens is 312 g/mol. The van der Waals surface area contributed by atoms with Crippen LogP contribution in [0.2, 0.25) is 0 Å². The van der Waals surface area contributed by atoms with Crippen LogP contribution in [-0.2, 0) is 11.3 Å². The van der Waals surface area contributed by atoms with Crippen molar-refractivity contribution in [3.63, 3.8) is 0 Å². The minimum Gasteiger partial charge on any atom is -0.352 e. The summed E-state index contributed by atoms with van der Waals surface area (Å²) in [5.74, 6) is -1.09. The summed E-state index contributed by atoms with van der Waals surface area (Å²) < 4.78 is 27.6. The molecule has 1 saturated carbocycles. The van der Waals surface area contributed by atoms with Gasteiger partial charge < -0.3 is 11.1 Å². The van der Waals surface area contributed by atoms with E-state index in [1.165, 1.54) is 18.2 Å². The van der Waals surface area contributed by atoms with Crippen LogP contribution in [0.25, 0.3) is 0 Å². The average Bonchev–Trinajstić information content (AvgIpc) is 2.98. The molecular formula is C18H25F2N3O. The summed E-state index contributed by atoms with van der Waals surface area (Å²) >= 11 is 0. The summed E-state index contributed by atoms with van der Waals surface area (Å²) in [6.07, 6.45) is 4.55. The lowest BCUT2D eigenvalue weighted by Gasteiger charge is -2.34. The van der Waals surface area contributed by atoms with E-state index >= 15 is 0 Å². The highest BCUT2D eigenvalue weighted by atomic mass is 19.1. The van der Waals surface area contributed by atoms with E-state index < -0.39 is 11.6 Å². The number of nitrogens with two attached hydrogens (primary N) is 1. The molecule has 2 fully saturated rings. The van der Waals surface area contributed by atoms with Crippen LogP contribution in [0.1, 0.15) is 37.7 Å². The van der Waals surface area contributed by atoms with E-state index in [0.29, 0.717) is 6.54 Å². The largest absolute Gasteiger partial charge is 0.352 e. The number of halogens is 2. The van der Waals surface area contributed by atoms with Crippen molar-refractivity contribution in [2.45, 2.75) is 50.7 Å². The highest BCUT2D eigenvalue weighted by Crippen LogP contribution is 2.25. The molecule has 3 N–H and O–H groups in total. The molecule has 1 aliphatic heterocycles. The van der Waals surface area contributed by atoms with E-state index in [1.54, 1.807) is 0 Å². The van der Waals surface area contributed by atoms with Gasteiger partial charge in [-0.1, -0.05) is 12.5 Å². The molecule has 1 aromatic carbocycles. The summed E-state index contributed by atoms with van der Waals surface area (Å²) in [6.45, 7) is 1.62. The number of likely N-dealkylation sites (tertiary alicyclic amines) is 1. The van der Waals surface area contributed by atoms with Gasteiger partial charge in [0.2, 0.25) is 5.91 Å². The highest BCUT2D eigenvalue weighted by molar-refractivity contribution is 5.80. The number of piperidine rings is 1.